The largest absolute Gasteiger partial charge is 0.305 e. The van der Waals surface area contributed by atoms with E-state index in [9.17, 15) is 4.79 Å². The SMILES string of the molecule is CC(C)c1cc(=O)[nH]c(-c2ccccn2)n1. The van der Waals surface area contributed by atoms with Gasteiger partial charge in [0.05, 0.1) is 5.69 Å². The molecule has 0 saturated carbocycles. The molecular formula is C12H13N3O. The van der Waals surface area contributed by atoms with E-state index in [2.05, 4.69) is 15.0 Å². The lowest BCUT2D eigenvalue weighted by molar-refractivity contribution is 0.811. The Kier molecular flexibility index (Phi) is 2.81. The maximum Gasteiger partial charge on any atom is 0.251 e. The van der Waals surface area contributed by atoms with Crippen LogP contribution in [-0.2, 0) is 0 Å². The summed E-state index contributed by atoms with van der Waals surface area (Å²) in [6.45, 7) is 4.01. The molecule has 0 amide bonds. The van der Waals surface area contributed by atoms with Gasteiger partial charge in [-0.25, -0.2) is 4.98 Å². The quantitative estimate of drug-likeness (QED) is 0.833. The Balaban J connectivity index is 2.54. The predicted molar refractivity (Wildman–Crippen MR) is 62.2 cm³/mol. The molecule has 2 aromatic rings. The van der Waals surface area contributed by atoms with Crippen molar-refractivity contribution in [1.29, 1.82) is 0 Å². The first-order chi connectivity index (χ1) is 7.66. The average molecular weight is 215 g/mol. The summed E-state index contributed by atoms with van der Waals surface area (Å²) in [7, 11) is 0. The molecular weight excluding hydrogens is 202 g/mol. The number of nitrogens with one attached hydrogen (secondary N) is 1. The molecule has 0 saturated heterocycles. The van der Waals surface area contributed by atoms with Crippen LogP contribution in [0.25, 0.3) is 11.5 Å². The van der Waals surface area contributed by atoms with Crippen molar-refractivity contribution in [2.45, 2.75) is 19.8 Å². The maximum atomic E-state index is 11.5. The molecule has 4 heteroatoms. The Hall–Kier alpha value is -1.97. The average Bonchev–Trinajstić information content (AvgIpc) is 2.29. The first kappa shape index (κ1) is 10.5. The number of hydrogen-bond acceptors (Lipinski definition) is 3. The van der Waals surface area contributed by atoms with Gasteiger partial charge in [-0.05, 0) is 18.1 Å². The fourth-order valence-corrected chi connectivity index (χ4v) is 1.40. The van der Waals surface area contributed by atoms with Crippen LogP contribution in [0.2, 0.25) is 0 Å². The number of H-pyrrole nitrogens is 1. The van der Waals surface area contributed by atoms with Gasteiger partial charge in [-0.2, -0.15) is 0 Å². The van der Waals surface area contributed by atoms with Crippen molar-refractivity contribution in [2.24, 2.45) is 0 Å². The second-order valence-electron chi connectivity index (χ2n) is 3.89. The standard InChI is InChI=1S/C12H13N3O/c1-8(2)10-7-11(16)15-12(14-10)9-5-3-4-6-13-9/h3-8H,1-2H3,(H,14,15,16). The van der Waals surface area contributed by atoms with E-state index < -0.39 is 0 Å². The Morgan fingerprint density at radius 1 is 1.31 bits per heavy atom. The van der Waals surface area contributed by atoms with Crippen molar-refractivity contribution in [3.8, 4) is 11.5 Å². The molecule has 0 aromatic carbocycles. The van der Waals surface area contributed by atoms with Crippen molar-refractivity contribution >= 4 is 0 Å². The zero-order valence-corrected chi connectivity index (χ0v) is 9.27. The highest BCUT2D eigenvalue weighted by Crippen LogP contribution is 2.13. The summed E-state index contributed by atoms with van der Waals surface area (Å²) in [5.41, 5.74) is 1.32. The minimum atomic E-state index is -0.139. The summed E-state index contributed by atoms with van der Waals surface area (Å²) in [5.74, 6) is 0.751. The van der Waals surface area contributed by atoms with E-state index in [1.165, 1.54) is 6.07 Å². The molecule has 0 aliphatic carbocycles. The first-order valence-corrected chi connectivity index (χ1v) is 5.19. The Bertz CT molecular complexity index is 531. The van der Waals surface area contributed by atoms with Crippen LogP contribution in [0.1, 0.15) is 25.5 Å². The molecule has 0 spiro atoms. The first-order valence-electron chi connectivity index (χ1n) is 5.19. The smallest absolute Gasteiger partial charge is 0.251 e. The molecule has 0 bridgehead atoms. The topological polar surface area (TPSA) is 58.6 Å². The highest BCUT2D eigenvalue weighted by atomic mass is 16.1. The lowest BCUT2D eigenvalue weighted by atomic mass is 10.1. The van der Waals surface area contributed by atoms with Crippen molar-refractivity contribution < 1.29 is 0 Å². The van der Waals surface area contributed by atoms with Crippen molar-refractivity contribution in [3.05, 3.63) is 46.5 Å². The molecule has 0 atom stereocenters. The number of aromatic nitrogens is 3. The number of nitrogens with zero attached hydrogens (tertiary/aromatic N) is 2. The second-order valence-corrected chi connectivity index (χ2v) is 3.89. The van der Waals surface area contributed by atoms with E-state index in [0.29, 0.717) is 11.5 Å². The minimum absolute atomic E-state index is 0.139. The van der Waals surface area contributed by atoms with Crippen LogP contribution in [-0.4, -0.2) is 15.0 Å². The monoisotopic (exact) mass is 215 g/mol. The van der Waals surface area contributed by atoms with Crippen molar-refractivity contribution in [2.75, 3.05) is 0 Å². The van der Waals surface area contributed by atoms with Crippen LogP contribution in [0.15, 0.2) is 35.3 Å². The van der Waals surface area contributed by atoms with Crippen LogP contribution in [0.3, 0.4) is 0 Å². The van der Waals surface area contributed by atoms with Gasteiger partial charge in [-0.15, -0.1) is 0 Å². The van der Waals surface area contributed by atoms with E-state index in [1.807, 2.05) is 32.0 Å². The highest BCUT2D eigenvalue weighted by molar-refractivity contribution is 5.48. The maximum absolute atomic E-state index is 11.5. The molecule has 16 heavy (non-hydrogen) atoms. The lowest BCUT2D eigenvalue weighted by Gasteiger charge is -2.05. The van der Waals surface area contributed by atoms with E-state index in [4.69, 9.17) is 0 Å². The molecule has 0 aliphatic rings. The van der Waals surface area contributed by atoms with Gasteiger partial charge in [0.1, 0.15) is 5.69 Å². The van der Waals surface area contributed by atoms with Gasteiger partial charge in [-0.1, -0.05) is 19.9 Å². The lowest BCUT2D eigenvalue weighted by Crippen LogP contribution is -2.11. The Labute approximate surface area is 93.4 Å². The molecule has 0 unspecified atom stereocenters. The summed E-state index contributed by atoms with van der Waals surface area (Å²) in [6, 6.07) is 7.04. The fourth-order valence-electron chi connectivity index (χ4n) is 1.40. The fraction of sp³-hybridized carbons (Fsp3) is 0.250. The van der Waals surface area contributed by atoms with Gasteiger partial charge >= 0.3 is 0 Å². The summed E-state index contributed by atoms with van der Waals surface area (Å²) in [6.07, 6.45) is 1.68. The third-order valence-electron chi connectivity index (χ3n) is 2.26. The molecule has 0 fully saturated rings. The zero-order valence-electron chi connectivity index (χ0n) is 9.27. The molecule has 0 aliphatic heterocycles. The second kappa shape index (κ2) is 4.26. The molecule has 82 valence electrons. The third-order valence-corrected chi connectivity index (χ3v) is 2.26. The molecule has 1 N–H and O–H groups in total. The summed E-state index contributed by atoms with van der Waals surface area (Å²) >= 11 is 0. The van der Waals surface area contributed by atoms with Crippen molar-refractivity contribution in [3.63, 3.8) is 0 Å². The molecule has 0 radical (unpaired) electrons. The van der Waals surface area contributed by atoms with Gasteiger partial charge in [0.25, 0.3) is 5.56 Å². The van der Waals surface area contributed by atoms with Gasteiger partial charge < -0.3 is 4.98 Å². The summed E-state index contributed by atoms with van der Waals surface area (Å²) in [4.78, 5) is 22.7. The molecule has 2 rings (SSSR count). The van der Waals surface area contributed by atoms with Crippen LogP contribution < -0.4 is 5.56 Å². The van der Waals surface area contributed by atoms with Crippen LogP contribution in [0.4, 0.5) is 0 Å². The van der Waals surface area contributed by atoms with Gasteiger partial charge in [0.15, 0.2) is 5.82 Å². The summed E-state index contributed by atoms with van der Waals surface area (Å²) < 4.78 is 0. The predicted octanol–water partition coefficient (Wildman–Crippen LogP) is 1.96. The van der Waals surface area contributed by atoms with E-state index in [1.54, 1.807) is 6.20 Å². The highest BCUT2D eigenvalue weighted by Gasteiger charge is 2.07. The van der Waals surface area contributed by atoms with Gasteiger partial charge in [0.2, 0.25) is 0 Å². The van der Waals surface area contributed by atoms with E-state index in [-0.39, 0.29) is 11.5 Å². The Morgan fingerprint density at radius 2 is 2.12 bits per heavy atom. The number of aromatic amines is 1. The molecule has 2 heterocycles. The normalized spacial score (nSPS) is 10.7. The van der Waals surface area contributed by atoms with Crippen molar-refractivity contribution in [1.82, 2.24) is 15.0 Å². The van der Waals surface area contributed by atoms with Gasteiger partial charge in [-0.3, -0.25) is 9.78 Å². The number of rotatable bonds is 2. The summed E-state index contributed by atoms with van der Waals surface area (Å²) in [5, 5.41) is 0. The molecule has 2 aromatic heterocycles. The van der Waals surface area contributed by atoms with E-state index in [0.717, 1.165) is 5.69 Å². The number of pyridine rings is 1. The van der Waals surface area contributed by atoms with Crippen LogP contribution in [0, 0.1) is 0 Å². The van der Waals surface area contributed by atoms with Gasteiger partial charge in [0, 0.05) is 12.3 Å². The van der Waals surface area contributed by atoms with Crippen LogP contribution >= 0.6 is 0 Å². The molecule has 4 nitrogen and oxygen atoms in total. The van der Waals surface area contributed by atoms with E-state index >= 15 is 0 Å². The zero-order chi connectivity index (χ0) is 11.5. The third kappa shape index (κ3) is 2.16. The van der Waals surface area contributed by atoms with Crippen LogP contribution in [0.5, 0.6) is 0 Å². The minimum Gasteiger partial charge on any atom is -0.305 e. The Morgan fingerprint density at radius 3 is 2.75 bits per heavy atom. The number of hydrogen-bond donors (Lipinski definition) is 1.